The van der Waals surface area contributed by atoms with E-state index in [0.717, 1.165) is 11.3 Å². The van der Waals surface area contributed by atoms with E-state index in [1.54, 1.807) is 5.41 Å². The summed E-state index contributed by atoms with van der Waals surface area (Å²) in [6.07, 6.45) is 0.979. The standard InChI is InChI=1S/C4H8S2/c1-2-4(6)3-5/h3,5-6H,2H2,1H3. The van der Waals surface area contributed by atoms with Gasteiger partial charge < -0.3 is 0 Å². The molecule has 0 atom stereocenters. The molecule has 0 saturated heterocycles. The van der Waals surface area contributed by atoms with Gasteiger partial charge in [-0.15, -0.1) is 12.6 Å². The summed E-state index contributed by atoms with van der Waals surface area (Å²) >= 11 is 7.87. The lowest BCUT2D eigenvalue weighted by molar-refractivity contribution is 1.21. The van der Waals surface area contributed by atoms with Gasteiger partial charge >= 0.3 is 0 Å². The Balaban J connectivity index is 3.22. The van der Waals surface area contributed by atoms with Crippen molar-refractivity contribution in [2.24, 2.45) is 0 Å². The predicted molar refractivity (Wildman–Crippen MR) is 36.3 cm³/mol. The van der Waals surface area contributed by atoms with Gasteiger partial charge in [-0.3, -0.25) is 0 Å². The van der Waals surface area contributed by atoms with Crippen LogP contribution in [0.2, 0.25) is 0 Å². The molecule has 0 saturated carbocycles. The van der Waals surface area contributed by atoms with E-state index in [4.69, 9.17) is 0 Å². The highest BCUT2D eigenvalue weighted by atomic mass is 32.1. The van der Waals surface area contributed by atoms with E-state index in [9.17, 15) is 0 Å². The highest BCUT2D eigenvalue weighted by Gasteiger charge is 1.75. The maximum absolute atomic E-state index is 4.01. The summed E-state index contributed by atoms with van der Waals surface area (Å²) in [7, 11) is 0. The lowest BCUT2D eigenvalue weighted by Crippen LogP contribution is -1.57. The molecule has 0 unspecified atom stereocenters. The zero-order valence-corrected chi connectivity index (χ0v) is 5.47. The van der Waals surface area contributed by atoms with Crippen LogP contribution in [-0.4, -0.2) is 0 Å². The van der Waals surface area contributed by atoms with E-state index < -0.39 is 0 Å². The van der Waals surface area contributed by atoms with Crippen LogP contribution >= 0.6 is 25.3 Å². The first-order chi connectivity index (χ1) is 2.81. The smallest absolute Gasteiger partial charge is 0.0127 e. The van der Waals surface area contributed by atoms with Crippen LogP contribution in [0.4, 0.5) is 0 Å². The number of hydrogen-bond donors (Lipinski definition) is 2. The van der Waals surface area contributed by atoms with Crippen LogP contribution in [0.3, 0.4) is 0 Å². The Kier molecular flexibility index (Phi) is 3.89. The highest BCUT2D eigenvalue weighted by Crippen LogP contribution is 2.04. The first-order valence-electron chi connectivity index (χ1n) is 1.83. The number of hydrogen-bond acceptors (Lipinski definition) is 2. The van der Waals surface area contributed by atoms with Crippen LogP contribution in [0.1, 0.15) is 13.3 Å². The molecule has 6 heavy (non-hydrogen) atoms. The minimum atomic E-state index is 0.979. The fourth-order valence-electron chi connectivity index (χ4n) is 0.0913. The summed E-state index contributed by atoms with van der Waals surface area (Å²) in [5.74, 6) is 0. The molecule has 0 spiro atoms. The van der Waals surface area contributed by atoms with Gasteiger partial charge in [0.05, 0.1) is 0 Å². The molecule has 0 radical (unpaired) electrons. The van der Waals surface area contributed by atoms with Gasteiger partial charge in [-0.05, 0) is 16.7 Å². The van der Waals surface area contributed by atoms with Gasteiger partial charge in [0.1, 0.15) is 0 Å². The molecular formula is C4H8S2. The Hall–Kier alpha value is 0.440. The second-order valence-electron chi connectivity index (χ2n) is 0.974. The van der Waals surface area contributed by atoms with Gasteiger partial charge in [-0.2, -0.15) is 12.6 Å². The predicted octanol–water partition coefficient (Wildman–Crippen LogP) is 2.10. The van der Waals surface area contributed by atoms with Crippen molar-refractivity contribution in [1.29, 1.82) is 0 Å². The van der Waals surface area contributed by atoms with E-state index in [2.05, 4.69) is 25.3 Å². The van der Waals surface area contributed by atoms with Crippen LogP contribution in [0.15, 0.2) is 10.3 Å². The molecule has 0 aromatic heterocycles. The monoisotopic (exact) mass is 120 g/mol. The Morgan fingerprint density at radius 3 is 2.33 bits per heavy atom. The maximum Gasteiger partial charge on any atom is -0.0127 e. The fourth-order valence-corrected chi connectivity index (χ4v) is 0.274. The first-order valence-corrected chi connectivity index (χ1v) is 2.79. The van der Waals surface area contributed by atoms with Crippen molar-refractivity contribution in [3.05, 3.63) is 10.3 Å². The van der Waals surface area contributed by atoms with Gasteiger partial charge in [0.25, 0.3) is 0 Å². The molecule has 36 valence electrons. The van der Waals surface area contributed by atoms with Gasteiger partial charge in [-0.1, -0.05) is 6.92 Å². The third-order valence-corrected chi connectivity index (χ3v) is 1.47. The largest absolute Gasteiger partial charge is 0.151 e. The summed E-state index contributed by atoms with van der Waals surface area (Å²) in [5, 5.41) is 1.70. The zero-order chi connectivity index (χ0) is 4.99. The van der Waals surface area contributed by atoms with Crippen molar-refractivity contribution in [2.45, 2.75) is 13.3 Å². The molecule has 0 aliphatic heterocycles. The van der Waals surface area contributed by atoms with E-state index >= 15 is 0 Å². The van der Waals surface area contributed by atoms with Gasteiger partial charge in [0.15, 0.2) is 0 Å². The molecule has 0 rings (SSSR count). The Morgan fingerprint density at radius 2 is 2.33 bits per heavy atom. The van der Waals surface area contributed by atoms with Crippen molar-refractivity contribution >= 4 is 25.3 Å². The maximum atomic E-state index is 4.01. The Morgan fingerprint density at radius 1 is 1.83 bits per heavy atom. The average molecular weight is 120 g/mol. The molecule has 0 aromatic carbocycles. The zero-order valence-electron chi connectivity index (χ0n) is 3.68. The van der Waals surface area contributed by atoms with Crippen LogP contribution in [0.25, 0.3) is 0 Å². The molecule has 2 heteroatoms. The molecular weight excluding hydrogens is 112 g/mol. The van der Waals surface area contributed by atoms with Crippen LogP contribution in [0.5, 0.6) is 0 Å². The van der Waals surface area contributed by atoms with Crippen LogP contribution < -0.4 is 0 Å². The lowest BCUT2D eigenvalue weighted by Gasteiger charge is -1.83. The van der Waals surface area contributed by atoms with E-state index in [1.807, 2.05) is 6.92 Å². The molecule has 0 fully saturated rings. The normalized spacial score (nSPS) is 12.2. The molecule has 0 aromatic rings. The van der Waals surface area contributed by atoms with Crippen molar-refractivity contribution in [2.75, 3.05) is 0 Å². The summed E-state index contributed by atoms with van der Waals surface area (Å²) in [4.78, 5) is 1.03. The molecule has 0 nitrogen and oxygen atoms in total. The molecule has 0 heterocycles. The second kappa shape index (κ2) is 3.62. The Bertz CT molecular complexity index is 56.6. The van der Waals surface area contributed by atoms with Crippen LogP contribution in [0, 0.1) is 0 Å². The summed E-state index contributed by atoms with van der Waals surface area (Å²) < 4.78 is 0. The quantitative estimate of drug-likeness (QED) is 0.486. The lowest BCUT2D eigenvalue weighted by atomic mass is 10.5. The first kappa shape index (κ1) is 6.44. The van der Waals surface area contributed by atoms with Crippen molar-refractivity contribution < 1.29 is 0 Å². The summed E-state index contributed by atoms with van der Waals surface area (Å²) in [6.45, 7) is 2.04. The molecule has 0 aliphatic rings. The minimum absolute atomic E-state index is 0.979. The summed E-state index contributed by atoms with van der Waals surface area (Å²) in [6, 6.07) is 0. The van der Waals surface area contributed by atoms with Gasteiger partial charge in [0.2, 0.25) is 0 Å². The van der Waals surface area contributed by atoms with Gasteiger partial charge in [0, 0.05) is 0 Å². The van der Waals surface area contributed by atoms with E-state index in [0.29, 0.717) is 0 Å². The number of rotatable bonds is 1. The van der Waals surface area contributed by atoms with Crippen molar-refractivity contribution in [1.82, 2.24) is 0 Å². The SMILES string of the molecule is CCC(S)=CS. The topological polar surface area (TPSA) is 0 Å². The molecule has 0 N–H and O–H groups in total. The van der Waals surface area contributed by atoms with E-state index in [1.165, 1.54) is 0 Å². The minimum Gasteiger partial charge on any atom is -0.151 e. The molecule has 0 amide bonds. The summed E-state index contributed by atoms with van der Waals surface area (Å²) in [5.41, 5.74) is 0. The molecule has 0 bridgehead atoms. The van der Waals surface area contributed by atoms with Crippen molar-refractivity contribution in [3.63, 3.8) is 0 Å². The number of allylic oxidation sites excluding steroid dienone is 1. The second-order valence-corrected chi connectivity index (χ2v) is 1.81. The third-order valence-electron chi connectivity index (χ3n) is 0.511. The van der Waals surface area contributed by atoms with Gasteiger partial charge in [-0.25, -0.2) is 0 Å². The Labute approximate surface area is 49.5 Å². The fraction of sp³-hybridized carbons (Fsp3) is 0.500. The van der Waals surface area contributed by atoms with E-state index in [-0.39, 0.29) is 0 Å². The average Bonchev–Trinajstić information content (AvgIpc) is 1.65. The van der Waals surface area contributed by atoms with Crippen molar-refractivity contribution in [3.8, 4) is 0 Å². The molecule has 0 aliphatic carbocycles. The highest BCUT2D eigenvalue weighted by molar-refractivity contribution is 7.87. The number of thiol groups is 2. The van der Waals surface area contributed by atoms with Crippen LogP contribution in [-0.2, 0) is 0 Å². The third kappa shape index (κ3) is 2.67.